The predicted molar refractivity (Wildman–Crippen MR) is 116 cm³/mol. The van der Waals surface area contributed by atoms with Gasteiger partial charge in [-0.3, -0.25) is 4.79 Å². The van der Waals surface area contributed by atoms with E-state index >= 15 is 0 Å². The largest absolute Gasteiger partial charge is 0.416 e. The predicted octanol–water partition coefficient (Wildman–Crippen LogP) is 5.06. The number of amides is 1. The molecule has 2 heterocycles. The molecule has 3 aromatic rings. The van der Waals surface area contributed by atoms with E-state index < -0.39 is 23.7 Å². The molecule has 2 N–H and O–H groups in total. The molecule has 0 spiro atoms. The van der Waals surface area contributed by atoms with Crippen LogP contribution in [0.4, 0.5) is 19.1 Å². The molecule has 1 amide bonds. The van der Waals surface area contributed by atoms with Crippen molar-refractivity contribution in [2.75, 3.05) is 5.32 Å². The number of carbonyl (C=O) groups excluding carboxylic acids is 1. The number of aromatic nitrogens is 3. The summed E-state index contributed by atoms with van der Waals surface area (Å²) < 4.78 is 38.8. The van der Waals surface area contributed by atoms with E-state index in [9.17, 15) is 18.0 Å². The summed E-state index contributed by atoms with van der Waals surface area (Å²) in [4.78, 5) is 25.5. The number of hydrogen-bond donors (Lipinski definition) is 2. The van der Waals surface area contributed by atoms with Crippen molar-refractivity contribution in [3.05, 3.63) is 82.7 Å². The van der Waals surface area contributed by atoms with Crippen molar-refractivity contribution in [2.45, 2.75) is 25.6 Å². The molecular formula is C22H18F3N5OS. The summed E-state index contributed by atoms with van der Waals surface area (Å²) in [6, 6.07) is 5.73. The fourth-order valence-corrected chi connectivity index (χ4v) is 3.78. The average molecular weight is 457 g/mol. The van der Waals surface area contributed by atoms with Crippen molar-refractivity contribution in [3.63, 3.8) is 0 Å². The molecule has 1 atom stereocenters. The molecule has 1 aliphatic carbocycles. The van der Waals surface area contributed by atoms with Crippen LogP contribution >= 0.6 is 11.3 Å². The van der Waals surface area contributed by atoms with E-state index in [4.69, 9.17) is 0 Å². The highest BCUT2D eigenvalue weighted by Crippen LogP contribution is 2.29. The van der Waals surface area contributed by atoms with Crippen molar-refractivity contribution in [1.82, 2.24) is 20.3 Å². The van der Waals surface area contributed by atoms with E-state index in [1.54, 1.807) is 24.5 Å². The van der Waals surface area contributed by atoms with E-state index in [0.717, 1.165) is 28.4 Å². The maximum absolute atomic E-state index is 12.9. The Bertz CT molecular complexity index is 1190. The van der Waals surface area contributed by atoms with Gasteiger partial charge in [0.2, 0.25) is 5.95 Å². The number of nitrogens with zero attached hydrogens (tertiary/aromatic N) is 3. The Kier molecular flexibility index (Phi) is 6.04. The van der Waals surface area contributed by atoms with E-state index in [2.05, 4.69) is 25.6 Å². The molecule has 6 nitrogen and oxygen atoms in total. The third-order valence-corrected chi connectivity index (χ3v) is 5.61. The second kappa shape index (κ2) is 8.91. The van der Waals surface area contributed by atoms with Crippen LogP contribution in [0.1, 0.15) is 29.3 Å². The van der Waals surface area contributed by atoms with Crippen LogP contribution in [0.15, 0.2) is 71.5 Å². The van der Waals surface area contributed by atoms with Gasteiger partial charge in [0.1, 0.15) is 10.7 Å². The Morgan fingerprint density at radius 1 is 1.19 bits per heavy atom. The number of rotatable bonds is 5. The summed E-state index contributed by atoms with van der Waals surface area (Å²) in [5.74, 6) is -0.183. The van der Waals surface area contributed by atoms with Crippen LogP contribution in [0, 0.1) is 0 Å². The van der Waals surface area contributed by atoms with Crippen LogP contribution in [-0.2, 0) is 6.18 Å². The molecule has 0 aliphatic heterocycles. The summed E-state index contributed by atoms with van der Waals surface area (Å²) in [6.07, 6.45) is 2.88. The highest BCUT2D eigenvalue weighted by Gasteiger charge is 2.31. The lowest BCUT2D eigenvalue weighted by Gasteiger charge is -2.23. The van der Waals surface area contributed by atoms with Gasteiger partial charge in [0.15, 0.2) is 0 Å². The molecule has 10 heteroatoms. The maximum atomic E-state index is 12.9. The molecule has 0 saturated heterocycles. The standard InChI is InChI=1S/C22H18F3N5OS/c1-13-5-6-16(28-19(31)14-3-2-4-15(11-14)22(23,24)25)12-18(13)30-21-27-8-7-17(29-21)20-26-9-10-32-20/h2-11,16H,12H2,1H3,(H,28,31)(H,27,29,30). The zero-order chi connectivity index (χ0) is 22.7. The average Bonchev–Trinajstić information content (AvgIpc) is 3.31. The Balaban J connectivity index is 1.45. The molecule has 164 valence electrons. The van der Waals surface area contributed by atoms with Crippen LogP contribution in [-0.4, -0.2) is 26.9 Å². The SMILES string of the molecule is CC1=C(Nc2nccc(-c3nccs3)n2)CC(NC(=O)c2cccc(C(F)(F)F)c2)C=C1. The quantitative estimate of drug-likeness (QED) is 0.560. The second-order valence-corrected chi connectivity index (χ2v) is 8.01. The smallest absolute Gasteiger partial charge is 0.345 e. The molecule has 0 saturated carbocycles. The number of carbonyl (C=O) groups is 1. The van der Waals surface area contributed by atoms with Gasteiger partial charge in [0, 0.05) is 35.5 Å². The lowest BCUT2D eigenvalue weighted by atomic mass is 9.99. The van der Waals surface area contributed by atoms with Crippen LogP contribution < -0.4 is 10.6 Å². The summed E-state index contributed by atoms with van der Waals surface area (Å²) in [5.41, 5.74) is 1.53. The van der Waals surface area contributed by atoms with Crippen LogP contribution in [0.2, 0.25) is 0 Å². The third kappa shape index (κ3) is 5.02. The summed E-state index contributed by atoms with van der Waals surface area (Å²) in [7, 11) is 0. The lowest BCUT2D eigenvalue weighted by molar-refractivity contribution is -0.137. The first-order valence-corrected chi connectivity index (χ1v) is 10.5. The molecule has 1 unspecified atom stereocenters. The number of nitrogens with one attached hydrogen (secondary N) is 2. The highest BCUT2D eigenvalue weighted by atomic mass is 32.1. The normalized spacial score (nSPS) is 16.2. The van der Waals surface area contributed by atoms with Gasteiger partial charge in [-0.1, -0.05) is 18.2 Å². The molecule has 1 aliphatic rings. The van der Waals surface area contributed by atoms with Crippen molar-refractivity contribution >= 4 is 23.2 Å². The van der Waals surface area contributed by atoms with Gasteiger partial charge in [-0.2, -0.15) is 13.2 Å². The van der Waals surface area contributed by atoms with Gasteiger partial charge in [-0.05, 0) is 36.8 Å². The minimum Gasteiger partial charge on any atom is -0.345 e. The minimum absolute atomic E-state index is 0.0477. The van der Waals surface area contributed by atoms with E-state index in [0.29, 0.717) is 18.1 Å². The molecular weight excluding hydrogens is 439 g/mol. The van der Waals surface area contributed by atoms with Crippen molar-refractivity contribution in [2.24, 2.45) is 0 Å². The molecule has 2 aromatic heterocycles. The molecule has 0 bridgehead atoms. The maximum Gasteiger partial charge on any atom is 0.416 e. The zero-order valence-electron chi connectivity index (χ0n) is 16.8. The monoisotopic (exact) mass is 457 g/mol. The first-order chi connectivity index (χ1) is 15.3. The van der Waals surface area contributed by atoms with E-state index in [1.807, 2.05) is 18.4 Å². The van der Waals surface area contributed by atoms with Crippen molar-refractivity contribution in [3.8, 4) is 10.7 Å². The number of thiazole rings is 1. The van der Waals surface area contributed by atoms with Gasteiger partial charge in [-0.25, -0.2) is 15.0 Å². The Morgan fingerprint density at radius 2 is 2.03 bits per heavy atom. The number of benzene rings is 1. The Hall–Kier alpha value is -3.53. The van der Waals surface area contributed by atoms with Crippen molar-refractivity contribution < 1.29 is 18.0 Å². The topological polar surface area (TPSA) is 79.8 Å². The first kappa shape index (κ1) is 21.7. The Labute approximate surface area is 186 Å². The third-order valence-electron chi connectivity index (χ3n) is 4.82. The number of hydrogen-bond acceptors (Lipinski definition) is 6. The fraction of sp³-hybridized carbons (Fsp3) is 0.182. The number of alkyl halides is 3. The van der Waals surface area contributed by atoms with Crippen molar-refractivity contribution in [1.29, 1.82) is 0 Å². The van der Waals surface area contributed by atoms with Gasteiger partial charge in [0.25, 0.3) is 5.91 Å². The van der Waals surface area contributed by atoms with E-state index in [-0.39, 0.29) is 5.56 Å². The van der Waals surface area contributed by atoms with Crippen LogP contribution in [0.5, 0.6) is 0 Å². The first-order valence-electron chi connectivity index (χ1n) is 9.65. The fourth-order valence-electron chi connectivity index (χ4n) is 3.17. The summed E-state index contributed by atoms with van der Waals surface area (Å²) >= 11 is 1.47. The molecule has 0 fully saturated rings. The summed E-state index contributed by atoms with van der Waals surface area (Å²) in [5, 5.41) is 8.59. The van der Waals surface area contributed by atoms with Gasteiger partial charge >= 0.3 is 6.18 Å². The van der Waals surface area contributed by atoms with Crippen LogP contribution in [0.25, 0.3) is 10.7 Å². The zero-order valence-corrected chi connectivity index (χ0v) is 17.7. The Morgan fingerprint density at radius 3 is 2.78 bits per heavy atom. The second-order valence-electron chi connectivity index (χ2n) is 7.11. The summed E-state index contributed by atoms with van der Waals surface area (Å²) in [6.45, 7) is 1.91. The van der Waals surface area contributed by atoms with E-state index in [1.165, 1.54) is 23.5 Å². The molecule has 1 aromatic carbocycles. The molecule has 0 radical (unpaired) electrons. The lowest BCUT2D eigenvalue weighted by Crippen LogP contribution is -2.35. The van der Waals surface area contributed by atoms with Crippen LogP contribution in [0.3, 0.4) is 0 Å². The number of halogens is 3. The van der Waals surface area contributed by atoms with Gasteiger partial charge in [-0.15, -0.1) is 11.3 Å². The highest BCUT2D eigenvalue weighted by molar-refractivity contribution is 7.13. The molecule has 32 heavy (non-hydrogen) atoms. The number of anilines is 1. The molecule has 4 rings (SSSR count). The van der Waals surface area contributed by atoms with Gasteiger partial charge in [0.05, 0.1) is 11.6 Å². The number of allylic oxidation sites excluding steroid dienone is 2. The minimum atomic E-state index is -4.51. The van der Waals surface area contributed by atoms with Gasteiger partial charge < -0.3 is 10.6 Å².